The molecule has 0 aliphatic heterocycles. The molecule has 1 aromatic rings. The van der Waals surface area contributed by atoms with Gasteiger partial charge < -0.3 is 10.1 Å². The number of halogens is 1. The average Bonchev–Trinajstić information content (AvgIpc) is 2.31. The molecule has 0 bridgehead atoms. The zero-order valence-electron chi connectivity index (χ0n) is 10.9. The van der Waals surface area contributed by atoms with E-state index >= 15 is 0 Å². The first kappa shape index (κ1) is 14.8. The lowest BCUT2D eigenvalue weighted by Gasteiger charge is -2.09. The van der Waals surface area contributed by atoms with E-state index in [4.69, 9.17) is 0 Å². The zero-order valence-corrected chi connectivity index (χ0v) is 10.9. The van der Waals surface area contributed by atoms with Crippen molar-refractivity contribution in [2.24, 2.45) is 0 Å². The third-order valence-corrected chi connectivity index (χ3v) is 2.33. The summed E-state index contributed by atoms with van der Waals surface area (Å²) in [7, 11) is 0. The summed E-state index contributed by atoms with van der Waals surface area (Å²) in [6.07, 6.45) is 0. The van der Waals surface area contributed by atoms with Crippen molar-refractivity contribution in [2.45, 2.75) is 20.8 Å². The number of aryl methyl sites for hydroxylation is 1. The Morgan fingerprint density at radius 2 is 1.95 bits per heavy atom. The number of esters is 1. The molecular weight excluding hydrogens is 253 g/mol. The number of benzene rings is 1. The van der Waals surface area contributed by atoms with Gasteiger partial charge >= 0.3 is 5.97 Å². The Labute approximate surface area is 109 Å². The van der Waals surface area contributed by atoms with Crippen LogP contribution in [0, 0.1) is 12.7 Å². The Kier molecular flexibility index (Phi) is 4.74. The summed E-state index contributed by atoms with van der Waals surface area (Å²) in [5, 5.41) is 2.25. The minimum Gasteiger partial charge on any atom is -0.460 e. The van der Waals surface area contributed by atoms with Crippen LogP contribution in [-0.4, -0.2) is 24.3 Å². The van der Waals surface area contributed by atoms with Crippen LogP contribution in [-0.2, 0) is 14.3 Å². The van der Waals surface area contributed by atoms with E-state index in [1.165, 1.54) is 13.8 Å². The number of nitrogens with one attached hydrogen (secondary N) is 1. The van der Waals surface area contributed by atoms with Gasteiger partial charge in [-0.2, -0.15) is 0 Å². The quantitative estimate of drug-likeness (QED) is 0.513. The first-order valence-corrected chi connectivity index (χ1v) is 5.66. The molecule has 0 heterocycles. The number of ketones is 1. The fourth-order valence-electron chi connectivity index (χ4n) is 1.51. The number of amides is 1. The molecule has 102 valence electrons. The lowest BCUT2D eigenvalue weighted by atomic mass is 10.0. The van der Waals surface area contributed by atoms with Crippen molar-refractivity contribution in [3.05, 3.63) is 29.1 Å². The highest BCUT2D eigenvalue weighted by molar-refractivity contribution is 6.41. The number of carbonyl (C=O) groups excluding carboxylic acids is 3. The van der Waals surface area contributed by atoms with Crippen molar-refractivity contribution in [2.75, 3.05) is 11.9 Å². The molecule has 6 heteroatoms. The molecule has 0 spiro atoms. The first-order chi connectivity index (χ1) is 8.86. The van der Waals surface area contributed by atoms with Crippen molar-refractivity contribution >= 4 is 23.3 Å². The zero-order chi connectivity index (χ0) is 14.6. The smallest absolute Gasteiger partial charge is 0.379 e. The maximum Gasteiger partial charge on any atom is 0.379 e. The van der Waals surface area contributed by atoms with E-state index in [1.807, 2.05) is 0 Å². The summed E-state index contributed by atoms with van der Waals surface area (Å²) in [5.74, 6) is -3.03. The van der Waals surface area contributed by atoms with Gasteiger partial charge in [-0.15, -0.1) is 0 Å². The van der Waals surface area contributed by atoms with E-state index in [1.54, 1.807) is 6.92 Å². The van der Waals surface area contributed by atoms with Gasteiger partial charge in [-0.3, -0.25) is 9.59 Å². The van der Waals surface area contributed by atoms with Gasteiger partial charge in [0.2, 0.25) is 5.91 Å². The standard InChI is InChI=1S/C13H14FNO4/c1-4-19-13(18)12(17)9-6-11(15-8(3)16)10(14)5-7(9)2/h5-6H,4H2,1-3H3,(H,15,16). The lowest BCUT2D eigenvalue weighted by molar-refractivity contribution is -0.137. The van der Waals surface area contributed by atoms with Crippen molar-refractivity contribution in [1.29, 1.82) is 0 Å². The lowest BCUT2D eigenvalue weighted by Crippen LogP contribution is -2.19. The van der Waals surface area contributed by atoms with Gasteiger partial charge in [-0.1, -0.05) is 0 Å². The van der Waals surface area contributed by atoms with Gasteiger partial charge in [0, 0.05) is 12.5 Å². The molecule has 1 N–H and O–H groups in total. The van der Waals surface area contributed by atoms with Crippen LogP contribution in [0.4, 0.5) is 10.1 Å². The third-order valence-electron chi connectivity index (χ3n) is 2.33. The van der Waals surface area contributed by atoms with Crippen molar-refractivity contribution in [3.8, 4) is 0 Å². The Morgan fingerprint density at radius 3 is 2.47 bits per heavy atom. The predicted molar refractivity (Wildman–Crippen MR) is 66.4 cm³/mol. The number of rotatable bonds is 4. The minimum atomic E-state index is -1.01. The second-order valence-electron chi connectivity index (χ2n) is 3.88. The second kappa shape index (κ2) is 6.08. The van der Waals surface area contributed by atoms with E-state index < -0.39 is 23.5 Å². The Balaban J connectivity index is 3.17. The number of carbonyl (C=O) groups is 3. The summed E-state index contributed by atoms with van der Waals surface area (Å²) in [4.78, 5) is 34.1. The SMILES string of the molecule is CCOC(=O)C(=O)c1cc(NC(C)=O)c(F)cc1C. The molecule has 0 aromatic heterocycles. The molecule has 1 rings (SSSR count). The van der Waals surface area contributed by atoms with Crippen LogP contribution < -0.4 is 5.32 Å². The topological polar surface area (TPSA) is 72.5 Å². The summed E-state index contributed by atoms with van der Waals surface area (Å²) in [6.45, 7) is 4.36. The molecule has 0 saturated carbocycles. The Morgan fingerprint density at radius 1 is 1.32 bits per heavy atom. The first-order valence-electron chi connectivity index (χ1n) is 5.66. The van der Waals surface area contributed by atoms with Crippen molar-refractivity contribution in [3.63, 3.8) is 0 Å². The monoisotopic (exact) mass is 267 g/mol. The van der Waals surface area contributed by atoms with Crippen LogP contribution in [0.5, 0.6) is 0 Å². The van der Waals surface area contributed by atoms with Crippen molar-refractivity contribution in [1.82, 2.24) is 0 Å². The molecule has 19 heavy (non-hydrogen) atoms. The average molecular weight is 267 g/mol. The van der Waals surface area contributed by atoms with Gasteiger partial charge in [0.1, 0.15) is 5.82 Å². The van der Waals surface area contributed by atoms with E-state index in [-0.39, 0.29) is 17.9 Å². The molecule has 0 unspecified atom stereocenters. The summed E-state index contributed by atoms with van der Waals surface area (Å²) in [5.41, 5.74) is 0.152. The number of ether oxygens (including phenoxy) is 1. The second-order valence-corrected chi connectivity index (χ2v) is 3.88. The van der Waals surface area contributed by atoms with E-state index in [0.717, 1.165) is 12.1 Å². The summed E-state index contributed by atoms with van der Waals surface area (Å²) >= 11 is 0. The van der Waals surface area contributed by atoms with Gasteiger partial charge in [0.15, 0.2) is 0 Å². The van der Waals surface area contributed by atoms with Crippen LogP contribution in [0.15, 0.2) is 12.1 Å². The molecule has 0 aliphatic carbocycles. The Hall–Kier alpha value is -2.24. The van der Waals surface area contributed by atoms with E-state index in [0.29, 0.717) is 5.56 Å². The molecular formula is C13H14FNO4. The van der Waals surface area contributed by atoms with Gasteiger partial charge in [-0.25, -0.2) is 9.18 Å². The van der Waals surface area contributed by atoms with E-state index in [2.05, 4.69) is 10.1 Å². The van der Waals surface area contributed by atoms with Crippen molar-refractivity contribution < 1.29 is 23.5 Å². The largest absolute Gasteiger partial charge is 0.460 e. The Bertz CT molecular complexity index is 540. The van der Waals surface area contributed by atoms with E-state index in [9.17, 15) is 18.8 Å². The van der Waals surface area contributed by atoms with Gasteiger partial charge in [-0.05, 0) is 31.5 Å². The number of Topliss-reactive ketones (excluding diaryl/α,β-unsaturated/α-hetero) is 1. The molecule has 1 aromatic carbocycles. The summed E-state index contributed by atoms with van der Waals surface area (Å²) < 4.78 is 18.2. The van der Waals surface area contributed by atoms with Crippen LogP contribution in [0.1, 0.15) is 29.8 Å². The highest BCUT2D eigenvalue weighted by Crippen LogP contribution is 2.21. The molecule has 0 aliphatic rings. The number of hydrogen-bond donors (Lipinski definition) is 1. The maximum atomic E-state index is 13.6. The highest BCUT2D eigenvalue weighted by Gasteiger charge is 2.21. The molecule has 1 amide bonds. The third kappa shape index (κ3) is 3.61. The minimum absolute atomic E-state index is 0.00333. The maximum absolute atomic E-state index is 13.6. The summed E-state index contributed by atoms with van der Waals surface area (Å²) in [6, 6.07) is 2.21. The normalized spacial score (nSPS) is 9.89. The fraction of sp³-hybridized carbons (Fsp3) is 0.308. The number of hydrogen-bond acceptors (Lipinski definition) is 4. The van der Waals surface area contributed by atoms with Crippen LogP contribution in [0.25, 0.3) is 0 Å². The van der Waals surface area contributed by atoms with Crippen LogP contribution in [0.2, 0.25) is 0 Å². The highest BCUT2D eigenvalue weighted by atomic mass is 19.1. The molecule has 0 saturated heterocycles. The van der Waals surface area contributed by atoms with Crippen LogP contribution in [0.3, 0.4) is 0 Å². The van der Waals surface area contributed by atoms with Gasteiger partial charge in [0.05, 0.1) is 12.3 Å². The molecule has 0 atom stereocenters. The van der Waals surface area contributed by atoms with Crippen LogP contribution >= 0.6 is 0 Å². The molecule has 5 nitrogen and oxygen atoms in total. The molecule has 0 radical (unpaired) electrons. The predicted octanol–water partition coefficient (Wildman–Crippen LogP) is 1.84. The van der Waals surface area contributed by atoms with Gasteiger partial charge in [0.25, 0.3) is 5.78 Å². The fourth-order valence-corrected chi connectivity index (χ4v) is 1.51. The molecule has 0 fully saturated rings. The number of anilines is 1.